The summed E-state index contributed by atoms with van der Waals surface area (Å²) in [6, 6.07) is 2.72. The van der Waals surface area contributed by atoms with Crippen LogP contribution in [-0.4, -0.2) is 17.1 Å². The van der Waals surface area contributed by atoms with Crippen LogP contribution in [0.2, 0.25) is 0 Å². The second kappa shape index (κ2) is 4.18. The van der Waals surface area contributed by atoms with E-state index >= 15 is 0 Å². The molecule has 15 heavy (non-hydrogen) atoms. The third kappa shape index (κ3) is 2.01. The van der Waals surface area contributed by atoms with Crippen molar-refractivity contribution >= 4 is 29.0 Å². The number of carbonyl (C=O) groups is 1. The lowest BCUT2D eigenvalue weighted by atomic mass is 10.1. The average Bonchev–Trinajstić information content (AvgIpc) is 2.15. The molecule has 1 amide bonds. The van der Waals surface area contributed by atoms with E-state index in [2.05, 4.69) is 0 Å². The summed E-state index contributed by atoms with van der Waals surface area (Å²) >= 11 is 1.25. The van der Waals surface area contributed by atoms with Gasteiger partial charge in [-0.1, -0.05) is 0 Å². The molecule has 0 fully saturated rings. The molecule has 0 aliphatic carbocycles. The number of amides is 1. The quantitative estimate of drug-likeness (QED) is 0.346. The molecular formula is C8H9N3O3S. The Labute approximate surface area is 89.8 Å². The highest BCUT2D eigenvalue weighted by Gasteiger charge is 2.21. The number of primary amides is 1. The van der Waals surface area contributed by atoms with Crippen molar-refractivity contribution in [2.24, 2.45) is 5.73 Å². The lowest BCUT2D eigenvalue weighted by Crippen LogP contribution is -2.15. The molecule has 80 valence electrons. The summed E-state index contributed by atoms with van der Waals surface area (Å²) < 4.78 is 0. The molecule has 0 atom stereocenters. The van der Waals surface area contributed by atoms with E-state index in [-0.39, 0.29) is 16.9 Å². The Balaban J connectivity index is 3.49. The molecule has 0 aromatic heterocycles. The predicted molar refractivity (Wildman–Crippen MR) is 57.8 cm³/mol. The first-order valence-electron chi connectivity index (χ1n) is 3.89. The normalized spacial score (nSPS) is 9.93. The van der Waals surface area contributed by atoms with Crippen molar-refractivity contribution in [1.82, 2.24) is 0 Å². The van der Waals surface area contributed by atoms with Gasteiger partial charge in [0.2, 0.25) is 0 Å². The van der Waals surface area contributed by atoms with Crippen LogP contribution in [-0.2, 0) is 0 Å². The fraction of sp³-hybridized carbons (Fsp3) is 0.125. The highest BCUT2D eigenvalue weighted by Crippen LogP contribution is 2.32. The third-order valence-corrected chi connectivity index (χ3v) is 2.63. The van der Waals surface area contributed by atoms with Crippen LogP contribution in [0.25, 0.3) is 0 Å². The summed E-state index contributed by atoms with van der Waals surface area (Å²) in [6.45, 7) is 0. The zero-order chi connectivity index (χ0) is 11.6. The summed E-state index contributed by atoms with van der Waals surface area (Å²) in [5.74, 6) is -0.763. The number of hydrogen-bond donors (Lipinski definition) is 2. The number of hydrogen-bond acceptors (Lipinski definition) is 5. The molecule has 0 bridgehead atoms. The molecule has 1 rings (SSSR count). The van der Waals surface area contributed by atoms with Crippen molar-refractivity contribution in [1.29, 1.82) is 0 Å². The summed E-state index contributed by atoms with van der Waals surface area (Å²) in [4.78, 5) is 21.5. The number of thioether (sulfide) groups is 1. The van der Waals surface area contributed by atoms with E-state index in [9.17, 15) is 14.9 Å². The van der Waals surface area contributed by atoms with Gasteiger partial charge in [-0.3, -0.25) is 14.9 Å². The molecular weight excluding hydrogens is 218 g/mol. The molecule has 0 saturated carbocycles. The second-order valence-electron chi connectivity index (χ2n) is 2.70. The number of rotatable bonds is 3. The zero-order valence-corrected chi connectivity index (χ0v) is 8.71. The number of nitro groups is 1. The van der Waals surface area contributed by atoms with E-state index in [1.807, 2.05) is 0 Å². The van der Waals surface area contributed by atoms with Crippen molar-refractivity contribution < 1.29 is 9.72 Å². The lowest BCUT2D eigenvalue weighted by molar-refractivity contribution is -0.384. The van der Waals surface area contributed by atoms with E-state index in [4.69, 9.17) is 11.5 Å². The number of anilines is 1. The van der Waals surface area contributed by atoms with Crippen LogP contribution in [0.5, 0.6) is 0 Å². The average molecular weight is 227 g/mol. The van der Waals surface area contributed by atoms with Crippen molar-refractivity contribution in [3.05, 3.63) is 27.8 Å². The second-order valence-corrected chi connectivity index (χ2v) is 3.55. The molecule has 0 radical (unpaired) electrons. The van der Waals surface area contributed by atoms with Crippen LogP contribution in [0.1, 0.15) is 10.4 Å². The molecule has 0 heterocycles. The van der Waals surface area contributed by atoms with E-state index in [0.29, 0.717) is 4.90 Å². The van der Waals surface area contributed by atoms with Gasteiger partial charge >= 0.3 is 0 Å². The van der Waals surface area contributed by atoms with Gasteiger partial charge in [0.25, 0.3) is 11.6 Å². The largest absolute Gasteiger partial charge is 0.392 e. The summed E-state index contributed by atoms with van der Waals surface area (Å²) in [5.41, 5.74) is 10.1. The van der Waals surface area contributed by atoms with Gasteiger partial charge in [0, 0.05) is 11.0 Å². The Morgan fingerprint density at radius 1 is 1.53 bits per heavy atom. The molecule has 1 aromatic rings. The van der Waals surface area contributed by atoms with Crippen molar-refractivity contribution in [3.63, 3.8) is 0 Å². The molecule has 6 nitrogen and oxygen atoms in total. The minimum Gasteiger partial charge on any atom is -0.392 e. The maximum Gasteiger partial charge on any atom is 0.293 e. The highest BCUT2D eigenvalue weighted by atomic mass is 32.2. The number of nitrogens with two attached hydrogens (primary N) is 2. The van der Waals surface area contributed by atoms with Gasteiger partial charge in [0.1, 0.15) is 5.69 Å². The Hall–Kier alpha value is -1.76. The molecule has 7 heteroatoms. The molecule has 1 aromatic carbocycles. The topological polar surface area (TPSA) is 112 Å². The standard InChI is InChI=1S/C8H9N3O3S/c1-15-5-3-2-4(11(13)14)7(9)6(5)8(10)12/h2-3H,9H2,1H3,(H2,10,12). The number of benzene rings is 1. The number of nitrogen functional groups attached to an aromatic ring is 1. The van der Waals surface area contributed by atoms with Gasteiger partial charge in [-0.05, 0) is 12.3 Å². The summed E-state index contributed by atoms with van der Waals surface area (Å²) in [6.07, 6.45) is 1.73. The number of carbonyl (C=O) groups excluding carboxylic acids is 1. The van der Waals surface area contributed by atoms with Crippen LogP contribution in [0.4, 0.5) is 11.4 Å². The third-order valence-electron chi connectivity index (χ3n) is 1.85. The van der Waals surface area contributed by atoms with Gasteiger partial charge < -0.3 is 11.5 Å². The first-order chi connectivity index (χ1) is 6.99. The maximum absolute atomic E-state index is 11.1. The van der Waals surface area contributed by atoms with Crippen LogP contribution in [0, 0.1) is 10.1 Å². The van der Waals surface area contributed by atoms with Gasteiger partial charge in [-0.15, -0.1) is 11.8 Å². The SMILES string of the molecule is CSc1ccc([N+](=O)[O-])c(N)c1C(N)=O. The van der Waals surface area contributed by atoms with Gasteiger partial charge in [-0.2, -0.15) is 0 Å². The minimum absolute atomic E-state index is 0.0108. The fourth-order valence-corrected chi connectivity index (χ4v) is 1.79. The Kier molecular flexibility index (Phi) is 3.15. The van der Waals surface area contributed by atoms with Crippen LogP contribution in [0.3, 0.4) is 0 Å². The zero-order valence-electron chi connectivity index (χ0n) is 7.89. The Bertz CT molecular complexity index is 433. The molecule has 4 N–H and O–H groups in total. The Morgan fingerprint density at radius 2 is 2.13 bits per heavy atom. The smallest absolute Gasteiger partial charge is 0.293 e. The first-order valence-corrected chi connectivity index (χ1v) is 5.12. The lowest BCUT2D eigenvalue weighted by Gasteiger charge is -2.07. The van der Waals surface area contributed by atoms with Crippen LogP contribution < -0.4 is 11.5 Å². The summed E-state index contributed by atoms with van der Waals surface area (Å²) in [5, 5.41) is 10.6. The monoisotopic (exact) mass is 227 g/mol. The minimum atomic E-state index is -0.763. The maximum atomic E-state index is 11.1. The first kappa shape index (κ1) is 11.3. The molecule has 0 unspecified atom stereocenters. The van der Waals surface area contributed by atoms with Gasteiger partial charge in [-0.25, -0.2) is 0 Å². The molecule has 0 saturated heterocycles. The van der Waals surface area contributed by atoms with E-state index in [1.165, 1.54) is 23.9 Å². The van der Waals surface area contributed by atoms with Crippen molar-refractivity contribution in [2.45, 2.75) is 4.90 Å². The fourth-order valence-electron chi connectivity index (χ4n) is 1.17. The molecule has 0 aliphatic heterocycles. The van der Waals surface area contributed by atoms with Crippen LogP contribution >= 0.6 is 11.8 Å². The number of nitrogens with zero attached hydrogens (tertiary/aromatic N) is 1. The van der Waals surface area contributed by atoms with E-state index in [1.54, 1.807) is 6.26 Å². The summed E-state index contributed by atoms with van der Waals surface area (Å²) in [7, 11) is 0. The van der Waals surface area contributed by atoms with Crippen molar-refractivity contribution in [3.8, 4) is 0 Å². The molecule has 0 spiro atoms. The molecule has 0 aliphatic rings. The predicted octanol–water partition coefficient (Wildman–Crippen LogP) is 0.998. The van der Waals surface area contributed by atoms with Crippen LogP contribution in [0.15, 0.2) is 17.0 Å². The van der Waals surface area contributed by atoms with Gasteiger partial charge in [0.05, 0.1) is 10.5 Å². The van der Waals surface area contributed by atoms with E-state index < -0.39 is 10.8 Å². The van der Waals surface area contributed by atoms with Crippen molar-refractivity contribution in [2.75, 3.05) is 12.0 Å². The van der Waals surface area contributed by atoms with Gasteiger partial charge in [0.15, 0.2) is 0 Å². The Morgan fingerprint density at radius 3 is 2.53 bits per heavy atom. The highest BCUT2D eigenvalue weighted by molar-refractivity contribution is 7.98. The van der Waals surface area contributed by atoms with E-state index in [0.717, 1.165) is 0 Å². The number of nitro benzene ring substituents is 1.